The highest BCUT2D eigenvalue weighted by atomic mass is 28.4. The molecule has 1 N–H and O–H groups in total. The number of hydrogen-bond donors (Lipinski definition) is 1. The molecule has 25 heavy (non-hydrogen) atoms. The molecule has 0 aromatic carbocycles. The van der Waals surface area contributed by atoms with E-state index in [0.717, 1.165) is 19.3 Å². The summed E-state index contributed by atoms with van der Waals surface area (Å²) in [5.74, 6) is 0.625. The van der Waals surface area contributed by atoms with E-state index < -0.39 is 8.32 Å². The summed E-state index contributed by atoms with van der Waals surface area (Å²) in [5.41, 5.74) is 1.81. The van der Waals surface area contributed by atoms with Crippen LogP contribution >= 0.6 is 0 Å². The Labute approximate surface area is 155 Å². The molecule has 2 aliphatic rings. The van der Waals surface area contributed by atoms with Gasteiger partial charge in [-0.1, -0.05) is 41.5 Å². The summed E-state index contributed by atoms with van der Waals surface area (Å²) in [4.78, 5) is 0. The van der Waals surface area contributed by atoms with E-state index in [9.17, 15) is 0 Å². The summed E-state index contributed by atoms with van der Waals surface area (Å²) in [6, 6.07) is 0. The fourth-order valence-corrected chi connectivity index (χ4v) is 10.9. The fourth-order valence-electron chi connectivity index (χ4n) is 5.33. The van der Waals surface area contributed by atoms with Gasteiger partial charge < -0.3 is 19.0 Å². The van der Waals surface area contributed by atoms with Gasteiger partial charge in [0.05, 0.1) is 24.9 Å². The molecule has 1 saturated heterocycles. The first-order chi connectivity index (χ1) is 11.8. The summed E-state index contributed by atoms with van der Waals surface area (Å²) < 4.78 is 18.4. The van der Waals surface area contributed by atoms with Crippen molar-refractivity contribution < 1.29 is 19.0 Å². The minimum absolute atomic E-state index is 0.0813. The molecule has 4 nitrogen and oxygen atoms in total. The van der Waals surface area contributed by atoms with Gasteiger partial charge >= 0.3 is 0 Å². The third kappa shape index (κ3) is 4.67. The fraction of sp³-hybridized carbons (Fsp3) is 1.00. The number of methoxy groups -OCH3 is 1. The van der Waals surface area contributed by atoms with E-state index in [4.69, 9.17) is 19.0 Å². The maximum absolute atomic E-state index is 9.16. The summed E-state index contributed by atoms with van der Waals surface area (Å²) in [5, 5.41) is 9.16. The molecule has 0 aromatic heterocycles. The molecular weight excluding hydrogens is 332 g/mol. The lowest BCUT2D eigenvalue weighted by Gasteiger charge is -2.47. The van der Waals surface area contributed by atoms with Gasteiger partial charge in [-0.15, -0.1) is 0 Å². The minimum Gasteiger partial charge on any atom is -0.411 e. The van der Waals surface area contributed by atoms with Crippen LogP contribution in [0.25, 0.3) is 0 Å². The van der Waals surface area contributed by atoms with Gasteiger partial charge in [0.25, 0.3) is 0 Å². The van der Waals surface area contributed by atoms with Crippen molar-refractivity contribution >= 4 is 8.32 Å². The number of rotatable bonds is 9. The normalized spacial score (nSPS) is 33.5. The van der Waals surface area contributed by atoms with Crippen molar-refractivity contribution in [3.05, 3.63) is 0 Å². The van der Waals surface area contributed by atoms with Crippen LogP contribution in [0.5, 0.6) is 0 Å². The Kier molecular flexibility index (Phi) is 7.54. The largest absolute Gasteiger partial charge is 0.411 e. The smallest absolute Gasteiger partial charge is 0.200 e. The Balaban J connectivity index is 2.01. The van der Waals surface area contributed by atoms with Crippen LogP contribution in [0.15, 0.2) is 0 Å². The van der Waals surface area contributed by atoms with E-state index in [1.54, 1.807) is 0 Å². The first-order valence-corrected chi connectivity index (χ1v) is 12.4. The van der Waals surface area contributed by atoms with E-state index in [1.807, 2.05) is 7.11 Å². The Morgan fingerprint density at radius 3 is 2.00 bits per heavy atom. The highest BCUT2D eigenvalue weighted by Gasteiger charge is 2.49. The van der Waals surface area contributed by atoms with Crippen LogP contribution < -0.4 is 0 Å². The zero-order valence-corrected chi connectivity index (χ0v) is 18.3. The quantitative estimate of drug-likeness (QED) is 0.478. The van der Waals surface area contributed by atoms with Gasteiger partial charge in [-0.3, -0.25) is 0 Å². The topological polar surface area (TPSA) is 51.2 Å². The highest BCUT2D eigenvalue weighted by molar-refractivity contribution is 6.77. The molecule has 148 valence electrons. The highest BCUT2D eigenvalue weighted by Crippen LogP contribution is 2.45. The zero-order chi connectivity index (χ0) is 18.8. The van der Waals surface area contributed by atoms with Gasteiger partial charge in [0, 0.05) is 7.11 Å². The summed E-state index contributed by atoms with van der Waals surface area (Å²) >= 11 is 0. The van der Waals surface area contributed by atoms with Crippen LogP contribution in [0.1, 0.15) is 67.2 Å². The Bertz CT molecular complexity index is 391. The molecular formula is C20H40O4Si. The maximum Gasteiger partial charge on any atom is 0.200 e. The molecule has 1 saturated carbocycles. The third-order valence-corrected chi connectivity index (χ3v) is 12.8. The lowest BCUT2D eigenvalue weighted by atomic mass is 9.82. The molecule has 0 radical (unpaired) electrons. The monoisotopic (exact) mass is 372 g/mol. The van der Waals surface area contributed by atoms with Gasteiger partial charge in [0.1, 0.15) is 6.10 Å². The number of aliphatic hydroxyl groups is 1. The molecule has 0 bridgehead atoms. The molecule has 0 amide bonds. The molecule has 1 aliphatic heterocycles. The van der Waals surface area contributed by atoms with E-state index >= 15 is 0 Å². The number of ether oxygens (including phenoxy) is 2. The third-order valence-electron chi connectivity index (χ3n) is 6.64. The molecule has 2 rings (SSSR count). The van der Waals surface area contributed by atoms with Crippen molar-refractivity contribution in [2.24, 2.45) is 5.92 Å². The van der Waals surface area contributed by atoms with Crippen molar-refractivity contribution in [3.8, 4) is 0 Å². The molecule has 1 heterocycles. The number of aliphatic hydroxyl groups excluding tert-OH is 1. The predicted molar refractivity (Wildman–Crippen MR) is 104 cm³/mol. The standard InChI is InChI=1S/C20H40O4Si/c1-13(2)25(14(3)4,15(5)6)24-17-9-8-16(10-18(17)22-7)11-19-20(12-21)23-19/h13-21H,8-12H2,1-7H3/t16-,17-,18-,19+,20+/m1/s1. The van der Waals surface area contributed by atoms with Crippen LogP contribution in [0.3, 0.4) is 0 Å². The van der Waals surface area contributed by atoms with Crippen LogP contribution in [0.4, 0.5) is 0 Å². The van der Waals surface area contributed by atoms with Crippen LogP contribution in [-0.4, -0.2) is 51.6 Å². The van der Waals surface area contributed by atoms with Gasteiger partial charge in [-0.25, -0.2) is 0 Å². The predicted octanol–water partition coefficient (Wildman–Crippen LogP) is 4.51. The molecule has 0 aromatic rings. The average molecular weight is 373 g/mol. The van der Waals surface area contributed by atoms with Gasteiger partial charge in [-0.2, -0.15) is 0 Å². The van der Waals surface area contributed by atoms with E-state index in [2.05, 4.69) is 41.5 Å². The lowest BCUT2D eigenvalue weighted by molar-refractivity contribution is -0.0470. The van der Waals surface area contributed by atoms with Crippen molar-refractivity contribution in [3.63, 3.8) is 0 Å². The van der Waals surface area contributed by atoms with Crippen molar-refractivity contribution in [2.75, 3.05) is 13.7 Å². The lowest BCUT2D eigenvalue weighted by Crippen LogP contribution is -2.53. The first kappa shape index (κ1) is 21.4. The van der Waals surface area contributed by atoms with Crippen LogP contribution in [0, 0.1) is 5.92 Å². The Morgan fingerprint density at radius 2 is 1.56 bits per heavy atom. The molecule has 5 atom stereocenters. The van der Waals surface area contributed by atoms with Crippen LogP contribution in [0.2, 0.25) is 16.6 Å². The average Bonchev–Trinajstić information content (AvgIpc) is 3.30. The SMILES string of the molecule is CO[C@@H]1C[C@H](C[C@@H]2O[C@H]2CO)CC[C@H]1O[Si](C(C)C)(C(C)C)C(C)C. The van der Waals surface area contributed by atoms with E-state index in [0.29, 0.717) is 22.5 Å². The minimum atomic E-state index is -1.87. The molecule has 2 fully saturated rings. The zero-order valence-electron chi connectivity index (χ0n) is 17.3. The Hall–Kier alpha value is 0.0569. The molecule has 5 heteroatoms. The van der Waals surface area contributed by atoms with E-state index in [1.165, 1.54) is 6.42 Å². The summed E-state index contributed by atoms with van der Waals surface area (Å²) in [7, 11) is -0.0390. The second-order valence-electron chi connectivity index (χ2n) is 9.06. The maximum atomic E-state index is 9.16. The summed E-state index contributed by atoms with van der Waals surface area (Å²) in [6.45, 7) is 14.2. The molecule has 0 unspecified atom stereocenters. The number of hydrogen-bond acceptors (Lipinski definition) is 4. The molecule has 1 aliphatic carbocycles. The first-order valence-electron chi connectivity index (χ1n) is 10.2. The van der Waals surface area contributed by atoms with Gasteiger partial charge in [0.2, 0.25) is 8.32 Å². The summed E-state index contributed by atoms with van der Waals surface area (Å²) in [6.07, 6.45) is 5.14. The second kappa shape index (κ2) is 8.83. The van der Waals surface area contributed by atoms with Crippen molar-refractivity contribution in [1.29, 1.82) is 0 Å². The van der Waals surface area contributed by atoms with E-state index in [-0.39, 0.29) is 31.0 Å². The van der Waals surface area contributed by atoms with Crippen molar-refractivity contribution in [2.45, 2.75) is 108 Å². The van der Waals surface area contributed by atoms with Gasteiger partial charge in [0.15, 0.2) is 0 Å². The van der Waals surface area contributed by atoms with Crippen molar-refractivity contribution in [1.82, 2.24) is 0 Å². The van der Waals surface area contributed by atoms with Crippen LogP contribution in [-0.2, 0) is 13.9 Å². The number of epoxide rings is 1. The van der Waals surface area contributed by atoms with Gasteiger partial charge in [-0.05, 0) is 48.2 Å². The second-order valence-corrected chi connectivity index (χ2v) is 14.5. The molecule has 0 spiro atoms. The Morgan fingerprint density at radius 1 is 0.960 bits per heavy atom.